The predicted octanol–water partition coefficient (Wildman–Crippen LogP) is 6.16. The number of rotatable bonds is 11. The van der Waals surface area contributed by atoms with Crippen LogP contribution in [0, 0.1) is 5.82 Å². The molecule has 0 spiro atoms. The van der Waals surface area contributed by atoms with Gasteiger partial charge < -0.3 is 9.47 Å². The van der Waals surface area contributed by atoms with Crippen LogP contribution in [0.1, 0.15) is 33.5 Å². The summed E-state index contributed by atoms with van der Waals surface area (Å²) in [5, 5.41) is -0.367. The van der Waals surface area contributed by atoms with Crippen LogP contribution in [-0.4, -0.2) is 45.8 Å². The number of hydrogen-bond acceptors (Lipinski definition) is 6. The molecule has 3 aromatic carbocycles. The van der Waals surface area contributed by atoms with Gasteiger partial charge in [-0.05, 0) is 29.7 Å². The van der Waals surface area contributed by atoms with Gasteiger partial charge >= 0.3 is 12.1 Å². The Bertz CT molecular complexity index is 1420. The molecule has 0 aliphatic heterocycles. The number of ether oxygens (including phenoxy) is 2. The Hall–Kier alpha value is -3.15. The average Bonchev–Trinajstić information content (AvgIpc) is 2.86. The van der Waals surface area contributed by atoms with Crippen molar-refractivity contribution in [2.45, 2.75) is 30.6 Å². The van der Waals surface area contributed by atoms with Gasteiger partial charge in [0.05, 0.1) is 29.2 Å². The van der Waals surface area contributed by atoms with Gasteiger partial charge in [0, 0.05) is 32.0 Å². The SMILES string of the molecule is COC(=O)c1c(F)cc(OCCCN(Cc2ccccc2)Cc2cccc(C(F)(F)F)c2Cl)cc1S(C)(=O)=O. The van der Waals surface area contributed by atoms with Crippen molar-refractivity contribution in [3.8, 4) is 5.75 Å². The van der Waals surface area contributed by atoms with Gasteiger partial charge in [0.25, 0.3) is 0 Å². The number of carbonyl (C=O) groups is 1. The minimum Gasteiger partial charge on any atom is -0.493 e. The summed E-state index contributed by atoms with van der Waals surface area (Å²) in [4.78, 5) is 13.2. The molecule has 6 nitrogen and oxygen atoms in total. The fourth-order valence-corrected chi connectivity index (χ4v) is 5.10. The second-order valence-electron chi connectivity index (χ2n) is 8.72. The van der Waals surface area contributed by atoms with Gasteiger partial charge in [0.15, 0.2) is 9.84 Å². The van der Waals surface area contributed by atoms with Crippen LogP contribution < -0.4 is 4.74 Å². The van der Waals surface area contributed by atoms with E-state index in [0.29, 0.717) is 25.1 Å². The van der Waals surface area contributed by atoms with Gasteiger partial charge in [0.2, 0.25) is 0 Å². The zero-order chi connectivity index (χ0) is 28.8. The number of esters is 1. The number of methoxy groups -OCH3 is 1. The largest absolute Gasteiger partial charge is 0.493 e. The van der Waals surface area contributed by atoms with E-state index in [2.05, 4.69) is 4.74 Å². The number of benzene rings is 3. The van der Waals surface area contributed by atoms with Crippen LogP contribution in [0.2, 0.25) is 5.02 Å². The maximum atomic E-state index is 14.6. The molecule has 0 aliphatic rings. The van der Waals surface area contributed by atoms with Crippen molar-refractivity contribution < 1.29 is 40.2 Å². The second-order valence-corrected chi connectivity index (χ2v) is 11.1. The maximum Gasteiger partial charge on any atom is 0.417 e. The van der Waals surface area contributed by atoms with Crippen molar-refractivity contribution in [3.63, 3.8) is 0 Å². The maximum absolute atomic E-state index is 14.6. The fraction of sp³-hybridized carbons (Fsp3) is 0.296. The first kappa shape index (κ1) is 30.4. The fourth-order valence-electron chi connectivity index (χ4n) is 3.93. The molecule has 12 heteroatoms. The molecule has 0 radical (unpaired) electrons. The van der Waals surface area contributed by atoms with Crippen LogP contribution in [-0.2, 0) is 33.8 Å². The van der Waals surface area contributed by atoms with E-state index in [4.69, 9.17) is 16.3 Å². The molecule has 0 amide bonds. The third kappa shape index (κ3) is 8.17. The number of carbonyl (C=O) groups excluding carboxylic acids is 1. The summed E-state index contributed by atoms with van der Waals surface area (Å²) in [7, 11) is -2.98. The number of sulfone groups is 1. The normalized spacial score (nSPS) is 12.0. The molecule has 0 aromatic heterocycles. The van der Waals surface area contributed by atoms with Crippen molar-refractivity contribution in [2.24, 2.45) is 0 Å². The van der Waals surface area contributed by atoms with Crippen LogP contribution in [0.25, 0.3) is 0 Å². The highest BCUT2D eigenvalue weighted by Crippen LogP contribution is 2.36. The molecule has 0 aliphatic carbocycles. The van der Waals surface area contributed by atoms with Crippen molar-refractivity contribution in [3.05, 3.63) is 93.8 Å². The summed E-state index contributed by atoms with van der Waals surface area (Å²) in [6, 6.07) is 15.0. The summed E-state index contributed by atoms with van der Waals surface area (Å²) < 4.78 is 89.0. The Kier molecular flexibility index (Phi) is 9.98. The van der Waals surface area contributed by atoms with E-state index in [-0.39, 0.29) is 23.9 Å². The van der Waals surface area contributed by atoms with E-state index in [0.717, 1.165) is 37.1 Å². The Balaban J connectivity index is 1.76. The number of alkyl halides is 3. The lowest BCUT2D eigenvalue weighted by Gasteiger charge is -2.24. The molecule has 0 atom stereocenters. The highest BCUT2D eigenvalue weighted by atomic mass is 35.5. The smallest absolute Gasteiger partial charge is 0.417 e. The summed E-state index contributed by atoms with van der Waals surface area (Å²) in [6.07, 6.45) is -3.40. The lowest BCUT2D eigenvalue weighted by atomic mass is 10.1. The topological polar surface area (TPSA) is 72.9 Å². The lowest BCUT2D eigenvalue weighted by molar-refractivity contribution is -0.137. The Morgan fingerprint density at radius 2 is 1.72 bits per heavy atom. The van der Waals surface area contributed by atoms with Crippen LogP contribution in [0.4, 0.5) is 17.6 Å². The number of halogens is 5. The lowest BCUT2D eigenvalue weighted by Crippen LogP contribution is -2.26. The van der Waals surface area contributed by atoms with Gasteiger partial charge in [-0.2, -0.15) is 13.2 Å². The van der Waals surface area contributed by atoms with Crippen LogP contribution in [0.15, 0.2) is 65.6 Å². The highest BCUT2D eigenvalue weighted by Gasteiger charge is 2.34. The third-order valence-electron chi connectivity index (χ3n) is 5.73. The number of hydrogen-bond donors (Lipinski definition) is 0. The molecule has 3 rings (SSSR count). The van der Waals surface area contributed by atoms with Gasteiger partial charge in [-0.15, -0.1) is 0 Å². The molecule has 0 bridgehead atoms. The standard InChI is InChI=1S/C27H26ClF4NO5S/c1-37-26(34)24-22(29)14-20(15-23(24)39(2,35)36)38-13-7-12-33(16-18-8-4-3-5-9-18)17-19-10-6-11-21(25(19)28)27(30,31)32/h3-6,8-11,14-15H,7,12-13,16-17H2,1-2H3. The van der Waals surface area contributed by atoms with Gasteiger partial charge in [0.1, 0.15) is 17.1 Å². The molecular formula is C27H26ClF4NO5S. The molecular weight excluding hydrogens is 562 g/mol. The third-order valence-corrected chi connectivity index (χ3v) is 7.30. The summed E-state index contributed by atoms with van der Waals surface area (Å²) in [5.41, 5.74) is -0.385. The van der Waals surface area contributed by atoms with Crippen molar-refractivity contribution in [1.82, 2.24) is 4.90 Å². The van der Waals surface area contributed by atoms with Crippen molar-refractivity contribution in [1.29, 1.82) is 0 Å². The minimum absolute atomic E-state index is 0.0296. The zero-order valence-corrected chi connectivity index (χ0v) is 22.7. The molecule has 210 valence electrons. The van der Waals surface area contributed by atoms with E-state index in [1.165, 1.54) is 12.1 Å². The van der Waals surface area contributed by atoms with E-state index in [1.807, 2.05) is 35.2 Å². The summed E-state index contributed by atoms with van der Waals surface area (Å²) in [6.45, 7) is 0.928. The second kappa shape index (κ2) is 12.8. The average molecular weight is 588 g/mol. The van der Waals surface area contributed by atoms with Gasteiger partial charge in [-0.3, -0.25) is 4.90 Å². The quantitative estimate of drug-likeness (QED) is 0.152. The minimum atomic E-state index is -4.59. The van der Waals surface area contributed by atoms with E-state index >= 15 is 0 Å². The van der Waals surface area contributed by atoms with E-state index < -0.39 is 43.8 Å². The summed E-state index contributed by atoms with van der Waals surface area (Å²) >= 11 is 6.10. The summed E-state index contributed by atoms with van der Waals surface area (Å²) in [5.74, 6) is -2.34. The van der Waals surface area contributed by atoms with Crippen molar-refractivity contribution in [2.75, 3.05) is 26.5 Å². The molecule has 39 heavy (non-hydrogen) atoms. The monoisotopic (exact) mass is 587 g/mol. The molecule has 0 N–H and O–H groups in total. The van der Waals surface area contributed by atoms with Crippen LogP contribution in [0.3, 0.4) is 0 Å². The first-order valence-electron chi connectivity index (χ1n) is 11.7. The molecule has 0 fully saturated rings. The first-order chi connectivity index (χ1) is 18.3. The highest BCUT2D eigenvalue weighted by molar-refractivity contribution is 7.90. The first-order valence-corrected chi connectivity index (χ1v) is 13.9. The van der Waals surface area contributed by atoms with E-state index in [1.54, 1.807) is 0 Å². The molecule has 0 saturated heterocycles. The number of nitrogens with zero attached hydrogens (tertiary/aromatic N) is 1. The molecule has 0 heterocycles. The Morgan fingerprint density at radius 1 is 1.03 bits per heavy atom. The molecule has 0 unspecified atom stereocenters. The van der Waals surface area contributed by atoms with Crippen LogP contribution >= 0.6 is 11.6 Å². The van der Waals surface area contributed by atoms with Crippen molar-refractivity contribution >= 4 is 27.4 Å². The predicted molar refractivity (Wildman–Crippen MR) is 138 cm³/mol. The Morgan fingerprint density at radius 3 is 2.33 bits per heavy atom. The van der Waals surface area contributed by atoms with E-state index in [9.17, 15) is 30.8 Å². The van der Waals surface area contributed by atoms with Gasteiger partial charge in [-0.1, -0.05) is 54.1 Å². The molecule has 0 saturated carbocycles. The van der Waals surface area contributed by atoms with Crippen LogP contribution in [0.5, 0.6) is 5.75 Å². The van der Waals surface area contributed by atoms with Gasteiger partial charge in [-0.25, -0.2) is 17.6 Å². The molecule has 3 aromatic rings. The zero-order valence-electron chi connectivity index (χ0n) is 21.1. The Labute approximate surface area is 229 Å².